The Balaban J connectivity index is -0.000000180. The van der Waals surface area contributed by atoms with Crippen molar-refractivity contribution in [2.45, 2.75) is 36.5 Å². The molecule has 0 aliphatic carbocycles. The van der Waals surface area contributed by atoms with Gasteiger partial charge in [-0.2, -0.15) is 0 Å². The monoisotopic (exact) mass is 293 g/mol. The summed E-state index contributed by atoms with van der Waals surface area (Å²) in [6, 6.07) is 0. The molecule has 0 heterocycles. The molecule has 0 rings (SSSR count). The second kappa shape index (κ2) is 12.1. The number of hydrogen-bond acceptors (Lipinski definition) is 0. The van der Waals surface area contributed by atoms with Gasteiger partial charge in [0.1, 0.15) is 0 Å². The van der Waals surface area contributed by atoms with Crippen molar-refractivity contribution in [3.63, 3.8) is 0 Å². The molecule has 0 bridgehead atoms. The van der Waals surface area contributed by atoms with Crippen LogP contribution in [-0.4, -0.2) is 19.8 Å². The maximum Gasteiger partial charge on any atom is 0 e. The van der Waals surface area contributed by atoms with Crippen molar-refractivity contribution < 1.29 is 32.8 Å². The molecule has 0 aromatic rings. The van der Waals surface area contributed by atoms with Crippen molar-refractivity contribution in [1.82, 2.24) is 0 Å². The van der Waals surface area contributed by atoms with E-state index in [1.165, 1.54) is 15.8 Å². The fourth-order valence-corrected chi connectivity index (χ4v) is 3.90. The van der Waals surface area contributed by atoms with Crippen molar-refractivity contribution in [1.29, 1.82) is 0 Å². The van der Waals surface area contributed by atoms with Crippen LogP contribution in [-0.2, 0) is 27.3 Å². The Morgan fingerprint density at radius 3 is 1.11 bits per heavy atom. The van der Waals surface area contributed by atoms with E-state index in [2.05, 4.69) is 20.8 Å². The van der Waals surface area contributed by atoms with Gasteiger partial charge in [-0.15, -0.1) is 0 Å². The first kappa shape index (κ1) is 16.8. The molecule has 0 aromatic heterocycles. The summed E-state index contributed by atoms with van der Waals surface area (Å²) in [5, 5.41) is 4.56. The smallest absolute Gasteiger partial charge is 0 e. The van der Waals surface area contributed by atoms with Crippen molar-refractivity contribution in [2.24, 2.45) is 0 Å². The first-order chi connectivity index (χ1) is 3.35. The average Bonchev–Trinajstić information content (AvgIpc) is 1.72. The summed E-state index contributed by atoms with van der Waals surface area (Å²) in [7, 11) is 0. The van der Waals surface area contributed by atoms with Gasteiger partial charge >= 0.3 is 50.9 Å². The minimum atomic E-state index is -0.403. The van der Waals surface area contributed by atoms with E-state index >= 15 is 0 Å². The van der Waals surface area contributed by atoms with Gasteiger partial charge in [-0.25, -0.2) is 0 Å². The van der Waals surface area contributed by atoms with Crippen molar-refractivity contribution in [3.8, 4) is 0 Å². The van der Waals surface area contributed by atoms with Gasteiger partial charge in [0.15, 0.2) is 0 Å². The summed E-state index contributed by atoms with van der Waals surface area (Å²) in [5.74, 6) is 0. The average molecular weight is 290 g/mol. The molecule has 0 fully saturated rings. The molecule has 0 saturated heterocycles. The first-order valence-electron chi connectivity index (χ1n) is 3.18. The maximum atomic E-state index is 2.34. The fraction of sp³-hybridized carbons (Fsp3) is 1.00. The second-order valence-electron chi connectivity index (χ2n) is 1.81. The van der Waals surface area contributed by atoms with Crippen LogP contribution in [0.3, 0.4) is 0 Å². The van der Waals surface area contributed by atoms with Crippen LogP contribution in [0.1, 0.15) is 20.8 Å². The van der Waals surface area contributed by atoms with Crippen LogP contribution in [0, 0.1) is 0 Å². The molecule has 0 aromatic carbocycles. The van der Waals surface area contributed by atoms with Crippen LogP contribution < -0.4 is 0 Å². The Kier molecular flexibility index (Phi) is 22.6. The molecular weight excluding hydrogens is 273 g/mol. The van der Waals surface area contributed by atoms with E-state index in [4.69, 9.17) is 0 Å². The van der Waals surface area contributed by atoms with Crippen molar-refractivity contribution >= 4 is 14.3 Å². The number of hydrogen-bond donors (Lipinski definition) is 0. The van der Waals surface area contributed by atoms with Crippen LogP contribution in [0.15, 0.2) is 0 Å². The van der Waals surface area contributed by atoms with E-state index < -0.39 is 14.3 Å². The van der Waals surface area contributed by atoms with E-state index in [1.54, 1.807) is 0 Å². The molecule has 0 aliphatic rings. The summed E-state index contributed by atoms with van der Waals surface area (Å²) in [5.41, 5.74) is 0. The van der Waals surface area contributed by atoms with Gasteiger partial charge in [0.2, 0.25) is 0 Å². The van der Waals surface area contributed by atoms with Crippen molar-refractivity contribution in [3.05, 3.63) is 0 Å². The Hall–Kier alpha value is 1.42. The number of rotatable bonds is 3. The van der Waals surface area contributed by atoms with Gasteiger partial charge in [-0.05, 0) is 0 Å². The Morgan fingerprint density at radius 1 is 0.889 bits per heavy atom. The standard InChI is InChI=1S/C6H15Ge.Cd.H2O/c1-4-7(5-2)6-3;;/h4-6H2,1-3H3;;1H2. The third-order valence-corrected chi connectivity index (χ3v) is 7.79. The Bertz CT molecular complexity index is 34.5. The molecule has 0 spiro atoms. The van der Waals surface area contributed by atoms with E-state index in [9.17, 15) is 0 Å². The quantitative estimate of drug-likeness (QED) is 0.709. The first-order valence-corrected chi connectivity index (χ1v) is 7.63. The predicted molar refractivity (Wildman–Crippen MR) is 40.8 cm³/mol. The molecule has 0 amide bonds. The van der Waals surface area contributed by atoms with Gasteiger partial charge in [0, 0.05) is 27.3 Å². The van der Waals surface area contributed by atoms with E-state index in [0.29, 0.717) is 0 Å². The molecule has 0 atom stereocenters. The third-order valence-electron chi connectivity index (χ3n) is 1.50. The zero-order valence-electron chi connectivity index (χ0n) is 6.83. The molecule has 1 radical (unpaired) electrons. The predicted octanol–water partition coefficient (Wildman–Crippen LogP) is 1.71. The molecule has 0 aliphatic heterocycles. The van der Waals surface area contributed by atoms with Gasteiger partial charge in [-0.3, -0.25) is 0 Å². The summed E-state index contributed by atoms with van der Waals surface area (Å²) in [6.07, 6.45) is 0. The van der Waals surface area contributed by atoms with Gasteiger partial charge in [-0.1, -0.05) is 0 Å². The third kappa shape index (κ3) is 9.42. The van der Waals surface area contributed by atoms with Crippen LogP contribution in [0.25, 0.3) is 0 Å². The van der Waals surface area contributed by atoms with Gasteiger partial charge in [0.05, 0.1) is 0 Å². The topological polar surface area (TPSA) is 31.5 Å². The molecule has 9 heavy (non-hydrogen) atoms. The van der Waals surface area contributed by atoms with Crippen molar-refractivity contribution in [2.75, 3.05) is 0 Å². The normalized spacial score (nSPS) is 8.00. The molecule has 0 saturated carbocycles. The minimum absolute atomic E-state index is 0. The van der Waals surface area contributed by atoms with Crippen LogP contribution in [0.5, 0.6) is 0 Å². The molecule has 3 heteroatoms. The summed E-state index contributed by atoms with van der Waals surface area (Å²) >= 11 is -0.403. The zero-order valence-corrected chi connectivity index (χ0v) is 13.0. The molecule has 2 N–H and O–H groups in total. The zero-order chi connectivity index (χ0) is 5.70. The van der Waals surface area contributed by atoms with E-state index in [-0.39, 0.29) is 32.8 Å². The molecule has 0 unspecified atom stereocenters. The van der Waals surface area contributed by atoms with Gasteiger partial charge < -0.3 is 5.48 Å². The van der Waals surface area contributed by atoms with Crippen LogP contribution in [0.4, 0.5) is 0 Å². The van der Waals surface area contributed by atoms with Crippen LogP contribution >= 0.6 is 0 Å². The van der Waals surface area contributed by atoms with E-state index in [0.717, 1.165) is 0 Å². The molecule has 53 valence electrons. The van der Waals surface area contributed by atoms with E-state index in [1.807, 2.05) is 0 Å². The molecular formula is C6H17CdGeO. The second-order valence-corrected chi connectivity index (χ2v) is 9.41. The summed E-state index contributed by atoms with van der Waals surface area (Å²) < 4.78 is 0. The van der Waals surface area contributed by atoms with Crippen LogP contribution in [0.2, 0.25) is 15.8 Å². The maximum absolute atomic E-state index is 2.34. The van der Waals surface area contributed by atoms with Gasteiger partial charge in [0.25, 0.3) is 0 Å². The summed E-state index contributed by atoms with van der Waals surface area (Å²) in [6.45, 7) is 7.01. The largest absolute Gasteiger partial charge is 0.412 e. The Morgan fingerprint density at radius 2 is 1.11 bits per heavy atom. The SMILES string of the molecule is C[CH2][Ge]([CH2]C)[CH2]C.O.[Cd]. The molecule has 1 nitrogen and oxygen atoms in total. The minimum Gasteiger partial charge on any atom is -0.412 e. The fourth-order valence-electron chi connectivity index (χ4n) is 0.750. The summed E-state index contributed by atoms with van der Waals surface area (Å²) in [4.78, 5) is 0. The Labute approximate surface area is 83.2 Å².